The van der Waals surface area contributed by atoms with Gasteiger partial charge in [0.25, 0.3) is 0 Å². The minimum absolute atomic E-state index is 0.0547. The van der Waals surface area contributed by atoms with Crippen molar-refractivity contribution < 1.29 is 14.3 Å². The largest absolute Gasteiger partial charge is 0.351 e. The van der Waals surface area contributed by atoms with Crippen LogP contribution in [0.15, 0.2) is 12.7 Å². The van der Waals surface area contributed by atoms with Gasteiger partial charge in [-0.2, -0.15) is 0 Å². The summed E-state index contributed by atoms with van der Waals surface area (Å²) in [5.74, 6) is -0.313. The molecule has 2 rings (SSSR count). The summed E-state index contributed by atoms with van der Waals surface area (Å²) >= 11 is 0. The van der Waals surface area contributed by atoms with Crippen molar-refractivity contribution in [3.05, 3.63) is 12.7 Å². The van der Waals surface area contributed by atoms with E-state index in [0.717, 1.165) is 25.9 Å². The van der Waals surface area contributed by atoms with E-state index in [4.69, 9.17) is 9.47 Å². The van der Waals surface area contributed by atoms with Crippen molar-refractivity contribution in [3.63, 3.8) is 0 Å². The molecule has 2 aliphatic heterocycles. The fraction of sp³-hybridized carbons (Fsp3) is 0.769. The summed E-state index contributed by atoms with van der Waals surface area (Å²) in [5, 5.41) is 2.83. The number of hydrogen-bond donors (Lipinski definition) is 1. The second-order valence-corrected chi connectivity index (χ2v) is 4.85. The summed E-state index contributed by atoms with van der Waals surface area (Å²) in [6.45, 7) is 9.10. The van der Waals surface area contributed by atoms with Gasteiger partial charge in [-0.15, -0.1) is 6.58 Å². The summed E-state index contributed by atoms with van der Waals surface area (Å²) in [7, 11) is 0. The molecule has 1 unspecified atom stereocenters. The molecule has 0 aliphatic carbocycles. The molecule has 2 fully saturated rings. The van der Waals surface area contributed by atoms with E-state index in [-0.39, 0.29) is 17.7 Å². The van der Waals surface area contributed by atoms with Crippen LogP contribution in [0.5, 0.6) is 0 Å². The number of piperidine rings is 1. The van der Waals surface area contributed by atoms with Gasteiger partial charge in [0.2, 0.25) is 5.91 Å². The molecule has 2 aliphatic rings. The van der Waals surface area contributed by atoms with Gasteiger partial charge in [-0.3, -0.25) is 9.69 Å². The van der Waals surface area contributed by atoms with Crippen LogP contribution in [0.25, 0.3) is 0 Å². The van der Waals surface area contributed by atoms with E-state index in [1.165, 1.54) is 0 Å². The molecule has 0 aromatic rings. The smallest absolute Gasteiger partial charge is 0.237 e. The summed E-state index contributed by atoms with van der Waals surface area (Å²) in [6.07, 6.45) is 3.37. The van der Waals surface area contributed by atoms with Crippen LogP contribution in [0.1, 0.15) is 19.8 Å². The van der Waals surface area contributed by atoms with E-state index in [9.17, 15) is 4.79 Å². The average Bonchev–Trinajstić information content (AvgIpc) is 2.84. The predicted molar refractivity (Wildman–Crippen MR) is 68.1 cm³/mol. The van der Waals surface area contributed by atoms with Crippen LogP contribution in [0.4, 0.5) is 0 Å². The van der Waals surface area contributed by atoms with Crippen molar-refractivity contribution in [1.29, 1.82) is 0 Å². The summed E-state index contributed by atoms with van der Waals surface area (Å²) in [4.78, 5) is 14.0. The SMILES string of the molecule is C=CCNC(=O)C(C)N1CCC2(CC1)OCCO2. The van der Waals surface area contributed by atoms with E-state index in [1.54, 1.807) is 6.08 Å². The van der Waals surface area contributed by atoms with Crippen LogP contribution in [0, 0.1) is 0 Å². The Morgan fingerprint density at radius 2 is 2.06 bits per heavy atom. The first kappa shape index (κ1) is 13.5. The van der Waals surface area contributed by atoms with E-state index in [1.807, 2.05) is 6.92 Å². The third-order valence-corrected chi connectivity index (χ3v) is 3.72. The Labute approximate surface area is 108 Å². The van der Waals surface area contributed by atoms with Gasteiger partial charge in [-0.25, -0.2) is 0 Å². The number of rotatable bonds is 4. The Balaban J connectivity index is 1.81. The normalized spacial score (nSPS) is 24.9. The lowest BCUT2D eigenvalue weighted by atomic mass is 10.0. The van der Waals surface area contributed by atoms with Gasteiger partial charge in [-0.1, -0.05) is 6.08 Å². The quantitative estimate of drug-likeness (QED) is 0.743. The molecule has 5 nitrogen and oxygen atoms in total. The number of hydrogen-bond acceptors (Lipinski definition) is 4. The molecule has 1 N–H and O–H groups in total. The van der Waals surface area contributed by atoms with Gasteiger partial charge >= 0.3 is 0 Å². The van der Waals surface area contributed by atoms with Crippen molar-refractivity contribution in [3.8, 4) is 0 Å². The number of amides is 1. The first-order chi connectivity index (χ1) is 8.67. The van der Waals surface area contributed by atoms with E-state index in [0.29, 0.717) is 19.8 Å². The first-order valence-corrected chi connectivity index (χ1v) is 6.57. The highest BCUT2D eigenvalue weighted by Gasteiger charge is 2.41. The van der Waals surface area contributed by atoms with E-state index >= 15 is 0 Å². The lowest BCUT2D eigenvalue weighted by molar-refractivity contribution is -0.188. The zero-order valence-electron chi connectivity index (χ0n) is 11.0. The van der Waals surface area contributed by atoms with Crippen LogP contribution in [0.2, 0.25) is 0 Å². The minimum atomic E-state index is -0.367. The van der Waals surface area contributed by atoms with Gasteiger partial charge in [-0.05, 0) is 6.92 Å². The molecule has 2 heterocycles. The fourth-order valence-corrected chi connectivity index (χ4v) is 2.52. The van der Waals surface area contributed by atoms with Crippen LogP contribution in [0.3, 0.4) is 0 Å². The third-order valence-electron chi connectivity index (χ3n) is 3.72. The minimum Gasteiger partial charge on any atom is -0.351 e. The monoisotopic (exact) mass is 254 g/mol. The van der Waals surface area contributed by atoms with Crippen molar-refractivity contribution in [1.82, 2.24) is 10.2 Å². The molecular formula is C13H22N2O3. The summed E-state index contributed by atoms with van der Waals surface area (Å²) < 4.78 is 11.3. The highest BCUT2D eigenvalue weighted by Crippen LogP contribution is 2.31. The second-order valence-electron chi connectivity index (χ2n) is 4.85. The molecule has 0 aromatic heterocycles. The molecule has 0 saturated carbocycles. The number of carbonyl (C=O) groups is 1. The Morgan fingerprint density at radius 1 is 1.44 bits per heavy atom. The predicted octanol–water partition coefficient (Wildman–Crippen LogP) is 0.516. The molecule has 0 bridgehead atoms. The van der Waals surface area contributed by atoms with Crippen LogP contribution in [-0.2, 0) is 14.3 Å². The Morgan fingerprint density at radius 3 is 2.61 bits per heavy atom. The highest BCUT2D eigenvalue weighted by atomic mass is 16.7. The topological polar surface area (TPSA) is 50.8 Å². The maximum atomic E-state index is 11.9. The number of nitrogens with zero attached hydrogens (tertiary/aromatic N) is 1. The number of likely N-dealkylation sites (tertiary alicyclic amines) is 1. The molecule has 102 valence electrons. The second kappa shape index (κ2) is 5.82. The lowest BCUT2D eigenvalue weighted by Gasteiger charge is -2.39. The maximum absolute atomic E-state index is 11.9. The zero-order chi connectivity index (χ0) is 13.0. The molecule has 1 amide bonds. The first-order valence-electron chi connectivity index (χ1n) is 6.57. The zero-order valence-corrected chi connectivity index (χ0v) is 11.0. The molecule has 0 radical (unpaired) electrons. The van der Waals surface area contributed by atoms with Gasteiger partial charge < -0.3 is 14.8 Å². The molecule has 0 aromatic carbocycles. The van der Waals surface area contributed by atoms with Crippen molar-refractivity contribution in [2.75, 3.05) is 32.8 Å². The average molecular weight is 254 g/mol. The fourth-order valence-electron chi connectivity index (χ4n) is 2.52. The van der Waals surface area contributed by atoms with Gasteiger partial charge in [0.15, 0.2) is 5.79 Å². The van der Waals surface area contributed by atoms with Crippen molar-refractivity contribution in [2.24, 2.45) is 0 Å². The number of nitrogens with one attached hydrogen (secondary N) is 1. The van der Waals surface area contributed by atoms with Crippen LogP contribution >= 0.6 is 0 Å². The highest BCUT2D eigenvalue weighted by molar-refractivity contribution is 5.81. The van der Waals surface area contributed by atoms with Crippen molar-refractivity contribution in [2.45, 2.75) is 31.6 Å². The van der Waals surface area contributed by atoms with Gasteiger partial charge in [0.1, 0.15) is 0 Å². The molecule has 2 saturated heterocycles. The van der Waals surface area contributed by atoms with Gasteiger partial charge in [0, 0.05) is 32.5 Å². The lowest BCUT2D eigenvalue weighted by Crippen LogP contribution is -2.52. The summed E-state index contributed by atoms with van der Waals surface area (Å²) in [6, 6.07) is -0.108. The Kier molecular flexibility index (Phi) is 4.37. The molecule has 1 atom stereocenters. The standard InChI is InChI=1S/C13H22N2O3/c1-3-6-14-12(16)11(2)15-7-4-13(5-8-15)17-9-10-18-13/h3,11H,1,4-10H2,2H3,(H,14,16). The van der Waals surface area contributed by atoms with E-state index in [2.05, 4.69) is 16.8 Å². The molecule has 1 spiro atoms. The molecule has 18 heavy (non-hydrogen) atoms. The third kappa shape index (κ3) is 2.91. The molecule has 5 heteroatoms. The van der Waals surface area contributed by atoms with Gasteiger partial charge in [0.05, 0.1) is 19.3 Å². The Bertz CT molecular complexity index is 303. The van der Waals surface area contributed by atoms with E-state index < -0.39 is 0 Å². The maximum Gasteiger partial charge on any atom is 0.237 e. The Hall–Kier alpha value is -0.910. The van der Waals surface area contributed by atoms with Crippen LogP contribution in [-0.4, -0.2) is 55.5 Å². The number of ether oxygens (including phenoxy) is 2. The van der Waals surface area contributed by atoms with Crippen molar-refractivity contribution >= 4 is 5.91 Å². The molecular weight excluding hydrogens is 232 g/mol. The van der Waals surface area contributed by atoms with Crippen LogP contribution < -0.4 is 5.32 Å². The summed E-state index contributed by atoms with van der Waals surface area (Å²) in [5.41, 5.74) is 0. The number of carbonyl (C=O) groups excluding carboxylic acids is 1.